The molecule has 0 aliphatic carbocycles. The molecule has 4 nitrogen and oxygen atoms in total. The predicted octanol–water partition coefficient (Wildman–Crippen LogP) is 3.78. The molecule has 5 heteroatoms. The van der Waals surface area contributed by atoms with Crippen LogP contribution in [0.15, 0.2) is 18.2 Å². The lowest BCUT2D eigenvalue weighted by molar-refractivity contribution is 0.0527. The topological polar surface area (TPSA) is 64.3 Å². The smallest absolute Gasteiger partial charge is 0.340 e. The number of thioether (sulfide) groups is 1. The first kappa shape index (κ1) is 17.7. The molecule has 0 aromatic heterocycles. The van der Waals surface area contributed by atoms with Gasteiger partial charge in [-0.2, -0.15) is 11.8 Å². The molecule has 21 heavy (non-hydrogen) atoms. The fourth-order valence-electron chi connectivity index (χ4n) is 2.18. The lowest BCUT2D eigenvalue weighted by Crippen LogP contribution is -2.32. The van der Waals surface area contributed by atoms with Crippen LogP contribution in [0.5, 0.6) is 0 Å². The SMILES string of the molecule is CCOC(=O)c1cc(NCC(CC)(CC)SC)ccc1N. The molecule has 0 aliphatic rings. The molecule has 0 atom stereocenters. The maximum Gasteiger partial charge on any atom is 0.340 e. The second-order valence-corrected chi connectivity index (χ2v) is 6.24. The molecule has 0 aliphatic heterocycles. The zero-order chi connectivity index (χ0) is 15.9. The first-order chi connectivity index (χ1) is 10.0. The Morgan fingerprint density at radius 2 is 2.00 bits per heavy atom. The van der Waals surface area contributed by atoms with Crippen LogP contribution in [-0.4, -0.2) is 30.1 Å². The van der Waals surface area contributed by atoms with Crippen molar-refractivity contribution in [1.29, 1.82) is 0 Å². The number of hydrogen-bond donors (Lipinski definition) is 2. The summed E-state index contributed by atoms with van der Waals surface area (Å²) in [5.74, 6) is -0.374. The van der Waals surface area contributed by atoms with Crippen LogP contribution in [0.2, 0.25) is 0 Å². The number of rotatable bonds is 8. The van der Waals surface area contributed by atoms with Crippen molar-refractivity contribution < 1.29 is 9.53 Å². The van der Waals surface area contributed by atoms with E-state index in [-0.39, 0.29) is 10.7 Å². The van der Waals surface area contributed by atoms with E-state index >= 15 is 0 Å². The lowest BCUT2D eigenvalue weighted by Gasteiger charge is -2.30. The summed E-state index contributed by atoms with van der Waals surface area (Å²) in [7, 11) is 0. The largest absolute Gasteiger partial charge is 0.462 e. The monoisotopic (exact) mass is 310 g/mol. The number of anilines is 2. The van der Waals surface area contributed by atoms with Crippen molar-refractivity contribution in [3.63, 3.8) is 0 Å². The van der Waals surface area contributed by atoms with E-state index < -0.39 is 0 Å². The van der Waals surface area contributed by atoms with Gasteiger partial charge >= 0.3 is 5.97 Å². The van der Waals surface area contributed by atoms with Crippen molar-refractivity contribution >= 4 is 29.1 Å². The number of nitrogens with one attached hydrogen (secondary N) is 1. The zero-order valence-electron chi connectivity index (χ0n) is 13.4. The standard InChI is InChI=1S/C16H26N2O2S/c1-5-16(6-2,21-4)11-18-12-8-9-14(17)13(10-12)15(19)20-7-3/h8-10,18H,5-7,11,17H2,1-4H3. The second kappa shape index (κ2) is 8.17. The van der Waals surface area contributed by atoms with Crippen LogP contribution in [0.3, 0.4) is 0 Å². The predicted molar refractivity (Wildman–Crippen MR) is 92.1 cm³/mol. The fraction of sp³-hybridized carbons (Fsp3) is 0.562. The van der Waals surface area contributed by atoms with Gasteiger partial charge in [0, 0.05) is 22.7 Å². The minimum absolute atomic E-state index is 0.214. The maximum absolute atomic E-state index is 11.9. The van der Waals surface area contributed by atoms with Gasteiger partial charge in [0.2, 0.25) is 0 Å². The average molecular weight is 310 g/mol. The van der Waals surface area contributed by atoms with E-state index in [2.05, 4.69) is 25.4 Å². The zero-order valence-corrected chi connectivity index (χ0v) is 14.2. The first-order valence-corrected chi connectivity index (χ1v) is 8.60. The highest BCUT2D eigenvalue weighted by Gasteiger charge is 2.24. The van der Waals surface area contributed by atoms with E-state index in [4.69, 9.17) is 10.5 Å². The maximum atomic E-state index is 11.9. The first-order valence-electron chi connectivity index (χ1n) is 7.37. The van der Waals surface area contributed by atoms with Crippen LogP contribution in [0.4, 0.5) is 11.4 Å². The molecule has 0 bridgehead atoms. The van der Waals surface area contributed by atoms with Crippen LogP contribution < -0.4 is 11.1 Å². The minimum Gasteiger partial charge on any atom is -0.462 e. The van der Waals surface area contributed by atoms with Crippen molar-refractivity contribution in [3.05, 3.63) is 23.8 Å². The summed E-state index contributed by atoms with van der Waals surface area (Å²) in [6.07, 6.45) is 4.33. The summed E-state index contributed by atoms with van der Waals surface area (Å²) in [6, 6.07) is 5.41. The molecule has 118 valence electrons. The Morgan fingerprint density at radius 3 is 2.52 bits per heavy atom. The number of nitrogens with two attached hydrogens (primary N) is 1. The van der Waals surface area contributed by atoms with Crippen molar-refractivity contribution in [3.8, 4) is 0 Å². The third-order valence-corrected chi connectivity index (χ3v) is 5.47. The van der Waals surface area contributed by atoms with Crippen LogP contribution in [-0.2, 0) is 4.74 Å². The molecule has 0 heterocycles. The van der Waals surface area contributed by atoms with Crippen molar-refractivity contribution in [2.75, 3.05) is 30.5 Å². The molecule has 0 fully saturated rings. The molecular formula is C16H26N2O2S. The summed E-state index contributed by atoms with van der Waals surface area (Å²) in [5.41, 5.74) is 7.61. The number of carbonyl (C=O) groups is 1. The van der Waals surface area contributed by atoms with Crippen LogP contribution in [0.25, 0.3) is 0 Å². The fourth-order valence-corrected chi connectivity index (χ4v) is 2.97. The van der Waals surface area contributed by atoms with Gasteiger partial charge in [-0.15, -0.1) is 0 Å². The van der Waals surface area contributed by atoms with Gasteiger partial charge in [0.1, 0.15) is 0 Å². The lowest BCUT2D eigenvalue weighted by atomic mass is 10.0. The molecular weight excluding hydrogens is 284 g/mol. The second-order valence-electron chi connectivity index (χ2n) is 4.97. The summed E-state index contributed by atoms with van der Waals surface area (Å²) in [5, 5.41) is 3.42. The summed E-state index contributed by atoms with van der Waals surface area (Å²) >= 11 is 1.88. The number of nitrogen functional groups attached to an aromatic ring is 1. The highest BCUT2D eigenvalue weighted by atomic mass is 32.2. The Bertz CT molecular complexity index is 465. The Morgan fingerprint density at radius 1 is 1.33 bits per heavy atom. The van der Waals surface area contributed by atoms with E-state index in [0.717, 1.165) is 25.1 Å². The minimum atomic E-state index is -0.374. The third kappa shape index (κ3) is 4.56. The van der Waals surface area contributed by atoms with E-state index in [9.17, 15) is 4.79 Å². The molecule has 0 saturated heterocycles. The molecule has 0 spiro atoms. The molecule has 3 N–H and O–H groups in total. The molecule has 0 saturated carbocycles. The number of benzene rings is 1. The molecule has 1 rings (SSSR count). The Hall–Kier alpha value is -1.36. The summed E-state index contributed by atoms with van der Waals surface area (Å²) in [4.78, 5) is 11.9. The van der Waals surface area contributed by atoms with Gasteiger partial charge in [0.05, 0.1) is 12.2 Å². The molecule has 0 radical (unpaired) electrons. The Labute approximate surface area is 131 Å². The van der Waals surface area contributed by atoms with Crippen LogP contribution >= 0.6 is 11.8 Å². The number of ether oxygens (including phenoxy) is 1. The average Bonchev–Trinajstić information content (AvgIpc) is 2.51. The van der Waals surface area contributed by atoms with Gasteiger partial charge in [0.25, 0.3) is 0 Å². The Kier molecular flexibility index (Phi) is 6.89. The molecule has 0 amide bonds. The van der Waals surface area contributed by atoms with E-state index in [1.165, 1.54) is 0 Å². The van der Waals surface area contributed by atoms with Gasteiger partial charge in [-0.25, -0.2) is 4.79 Å². The quantitative estimate of drug-likeness (QED) is 0.565. The van der Waals surface area contributed by atoms with E-state index in [1.54, 1.807) is 19.1 Å². The van der Waals surface area contributed by atoms with Crippen molar-refractivity contribution in [2.45, 2.75) is 38.4 Å². The van der Waals surface area contributed by atoms with Crippen LogP contribution in [0.1, 0.15) is 44.0 Å². The van der Waals surface area contributed by atoms with Gasteiger partial charge in [-0.1, -0.05) is 13.8 Å². The van der Waals surface area contributed by atoms with E-state index in [0.29, 0.717) is 17.9 Å². The number of carbonyl (C=O) groups excluding carboxylic acids is 1. The molecule has 1 aromatic rings. The highest BCUT2D eigenvalue weighted by Crippen LogP contribution is 2.31. The third-order valence-electron chi connectivity index (χ3n) is 3.89. The molecule has 0 unspecified atom stereocenters. The number of hydrogen-bond acceptors (Lipinski definition) is 5. The van der Waals surface area contributed by atoms with Gasteiger partial charge < -0.3 is 15.8 Å². The summed E-state index contributed by atoms with van der Waals surface area (Å²) < 4.78 is 5.24. The van der Waals surface area contributed by atoms with Crippen molar-refractivity contribution in [1.82, 2.24) is 0 Å². The normalized spacial score (nSPS) is 11.2. The van der Waals surface area contributed by atoms with Gasteiger partial charge in [-0.05, 0) is 44.2 Å². The number of esters is 1. The van der Waals surface area contributed by atoms with Gasteiger partial charge in [0.15, 0.2) is 0 Å². The molecule has 1 aromatic carbocycles. The van der Waals surface area contributed by atoms with E-state index in [1.807, 2.05) is 17.8 Å². The summed E-state index contributed by atoms with van der Waals surface area (Å²) in [6.45, 7) is 7.39. The highest BCUT2D eigenvalue weighted by molar-refractivity contribution is 8.00. The van der Waals surface area contributed by atoms with Crippen LogP contribution in [0, 0.1) is 0 Å². The van der Waals surface area contributed by atoms with Crippen molar-refractivity contribution in [2.24, 2.45) is 0 Å². The Balaban J connectivity index is 2.85. The van der Waals surface area contributed by atoms with Gasteiger partial charge in [-0.3, -0.25) is 0 Å².